The fraction of sp³-hybridized carbons (Fsp3) is 0.250. The molecule has 0 radical (unpaired) electrons. The number of aromatic nitrogens is 3. The van der Waals surface area contributed by atoms with Crippen LogP contribution in [0.2, 0.25) is 0 Å². The van der Waals surface area contributed by atoms with Gasteiger partial charge in [0.15, 0.2) is 0 Å². The van der Waals surface area contributed by atoms with E-state index in [1.54, 1.807) is 0 Å². The van der Waals surface area contributed by atoms with E-state index in [1.807, 2.05) is 25.5 Å². The second kappa shape index (κ2) is 5.34. The number of pyridine rings is 1. The van der Waals surface area contributed by atoms with Crippen molar-refractivity contribution in [2.45, 2.75) is 18.3 Å². The molecule has 4 heteroatoms. The number of halogens is 1. The zero-order valence-corrected chi connectivity index (χ0v) is 11.5. The van der Waals surface area contributed by atoms with Crippen molar-refractivity contribution in [3.05, 3.63) is 51.4 Å². The maximum atomic E-state index is 4.40. The molecule has 2 rings (SSSR count). The molecule has 0 unspecified atom stereocenters. The molecule has 0 N–H and O–H groups in total. The molecule has 0 saturated carbocycles. The first-order valence-corrected chi connectivity index (χ1v) is 7.64. The van der Waals surface area contributed by atoms with Crippen LogP contribution in [-0.4, -0.2) is 15.0 Å². The second-order valence-electron chi connectivity index (χ2n) is 3.54. The van der Waals surface area contributed by atoms with E-state index < -0.39 is 0 Å². The molecule has 0 aromatic carbocycles. The molecule has 0 aliphatic carbocycles. The van der Waals surface area contributed by atoms with Crippen LogP contribution < -0.4 is 21.2 Å². The first-order valence-electron chi connectivity index (χ1n) is 5.03. The van der Waals surface area contributed by atoms with Crippen molar-refractivity contribution in [3.63, 3.8) is 0 Å². The molecule has 0 saturated heterocycles. The zero-order chi connectivity index (χ0) is 11.4. The van der Waals surface area contributed by atoms with Crippen molar-refractivity contribution in [2.75, 3.05) is 0 Å². The summed E-state index contributed by atoms with van der Waals surface area (Å²) in [6.45, 7) is 3.96. The number of rotatable bonds is 3. The zero-order valence-electron chi connectivity index (χ0n) is 9.31. The van der Waals surface area contributed by atoms with Gasteiger partial charge in [-0.2, -0.15) is 0 Å². The van der Waals surface area contributed by atoms with E-state index in [-0.39, 0.29) is 21.2 Å². The molecule has 0 bridgehead atoms. The minimum absolute atomic E-state index is 0.0621. The number of hydrogen-bond acceptors (Lipinski definition) is 3. The van der Waals surface area contributed by atoms with Crippen LogP contribution in [0.3, 0.4) is 0 Å². The summed E-state index contributed by atoms with van der Waals surface area (Å²) in [5, 5.41) is 0. The summed E-state index contributed by atoms with van der Waals surface area (Å²) in [5.74, 6) is 0.834. The molecule has 0 fully saturated rings. The van der Waals surface area contributed by atoms with Crippen molar-refractivity contribution in [1.82, 2.24) is 15.0 Å². The predicted octanol–water partition coefficient (Wildman–Crippen LogP) is -1.05. The van der Waals surface area contributed by atoms with Gasteiger partial charge >= 0.3 is 106 Å². The van der Waals surface area contributed by atoms with Gasteiger partial charge in [-0.15, -0.1) is 0 Å². The Morgan fingerprint density at radius 2 is 1.75 bits per heavy atom. The Labute approximate surface area is 106 Å². The van der Waals surface area contributed by atoms with Gasteiger partial charge in [-0.1, -0.05) is 0 Å². The van der Waals surface area contributed by atoms with Crippen LogP contribution >= 0.6 is 0 Å². The molecule has 16 heavy (non-hydrogen) atoms. The monoisotopic (exact) mass is 326 g/mol. The van der Waals surface area contributed by atoms with Gasteiger partial charge < -0.3 is 0 Å². The van der Waals surface area contributed by atoms with Crippen LogP contribution in [0.25, 0.3) is 0 Å². The summed E-state index contributed by atoms with van der Waals surface area (Å²) < 4.78 is 2.32. The Kier molecular flexibility index (Phi) is 3.82. The summed E-state index contributed by atoms with van der Waals surface area (Å²) in [4.78, 5) is 12.8. The third-order valence-electron chi connectivity index (χ3n) is 2.08. The summed E-state index contributed by atoms with van der Waals surface area (Å²) in [6.07, 6.45) is 5.79. The third kappa shape index (κ3) is 3.23. The van der Waals surface area contributed by atoms with Crippen molar-refractivity contribution < 1.29 is 21.2 Å². The van der Waals surface area contributed by atoms with Gasteiger partial charge in [-0.05, 0) is 0 Å². The van der Waals surface area contributed by atoms with Gasteiger partial charge in [0, 0.05) is 0 Å². The van der Waals surface area contributed by atoms with Crippen molar-refractivity contribution in [3.8, 4) is 0 Å². The van der Waals surface area contributed by atoms with E-state index in [2.05, 4.69) is 34.0 Å². The third-order valence-corrected chi connectivity index (χ3v) is 4.68. The Morgan fingerprint density at radius 1 is 1.00 bits per heavy atom. The molecular formula is C12H13IN3-. The van der Waals surface area contributed by atoms with E-state index in [4.69, 9.17) is 0 Å². The van der Waals surface area contributed by atoms with Gasteiger partial charge in [-0.25, -0.2) is 0 Å². The van der Waals surface area contributed by atoms with Crippen LogP contribution in [0.1, 0.15) is 17.1 Å². The second-order valence-corrected chi connectivity index (χ2v) is 6.31. The first-order chi connectivity index (χ1) is 7.74. The van der Waals surface area contributed by atoms with Gasteiger partial charge in [-0.3, -0.25) is 0 Å². The fourth-order valence-corrected chi connectivity index (χ4v) is 3.12. The average molecular weight is 326 g/mol. The van der Waals surface area contributed by atoms with Gasteiger partial charge in [0.25, 0.3) is 0 Å². The molecule has 2 aromatic heterocycles. The van der Waals surface area contributed by atoms with Crippen LogP contribution in [0.4, 0.5) is 0 Å². The molecule has 2 heterocycles. The fourth-order valence-electron chi connectivity index (χ4n) is 1.17. The molecule has 2 aromatic rings. The molecule has 3 nitrogen and oxygen atoms in total. The van der Waals surface area contributed by atoms with Gasteiger partial charge in [0.2, 0.25) is 0 Å². The number of hydrogen-bond donors (Lipinski definition) is 0. The average Bonchev–Trinajstić information content (AvgIpc) is 2.30. The molecule has 0 spiro atoms. The molecular weight excluding hydrogens is 313 g/mol. The Bertz CT molecular complexity index is 405. The van der Waals surface area contributed by atoms with Crippen LogP contribution in [0.15, 0.2) is 30.7 Å². The van der Waals surface area contributed by atoms with E-state index in [0.717, 1.165) is 10.3 Å². The summed E-state index contributed by atoms with van der Waals surface area (Å²) in [6, 6.07) is 4.21. The molecule has 0 amide bonds. The van der Waals surface area contributed by atoms with E-state index in [0.29, 0.717) is 0 Å². The maximum absolute atomic E-state index is 4.40. The van der Waals surface area contributed by atoms with E-state index >= 15 is 0 Å². The quantitative estimate of drug-likeness (QED) is 0.534. The first kappa shape index (κ1) is 11.4. The van der Waals surface area contributed by atoms with Crippen LogP contribution in [0.5, 0.6) is 0 Å². The van der Waals surface area contributed by atoms with Crippen molar-refractivity contribution in [2.24, 2.45) is 0 Å². The summed E-state index contributed by atoms with van der Waals surface area (Å²) in [7, 11) is 0. The predicted molar refractivity (Wildman–Crippen MR) is 58.1 cm³/mol. The van der Waals surface area contributed by atoms with Crippen molar-refractivity contribution in [1.29, 1.82) is 0 Å². The summed E-state index contributed by atoms with van der Waals surface area (Å²) in [5.41, 5.74) is 2.37. The molecule has 0 aliphatic rings. The minimum atomic E-state index is -0.0621. The normalized spacial score (nSPS) is 10.6. The molecule has 0 aliphatic heterocycles. The number of aryl methyl sites for hydroxylation is 2. The van der Waals surface area contributed by atoms with E-state index in [9.17, 15) is 0 Å². The Hall–Kier alpha value is -1.04. The van der Waals surface area contributed by atoms with Crippen LogP contribution in [-0.2, 0) is 4.43 Å². The Balaban J connectivity index is 1.97. The Morgan fingerprint density at radius 3 is 2.38 bits per heavy atom. The van der Waals surface area contributed by atoms with Gasteiger partial charge in [0.05, 0.1) is 0 Å². The SMILES string of the molecule is Cc1ccc(C[I-]c2cnc(C)nc2)nc1. The van der Waals surface area contributed by atoms with Gasteiger partial charge in [0.1, 0.15) is 0 Å². The number of nitrogens with zero attached hydrogens (tertiary/aromatic N) is 3. The summed E-state index contributed by atoms with van der Waals surface area (Å²) >= 11 is -0.0621. The molecule has 0 atom stereocenters. The van der Waals surface area contributed by atoms with E-state index in [1.165, 1.54) is 14.8 Å². The molecule has 84 valence electrons. The number of alkyl halides is 1. The standard InChI is InChI=1S/C12H13IN3/c1-9-3-4-12(16-6-9)5-13-11-7-14-10(2)15-8-11/h3-4,6-8H,5H2,1-2H3/q-1. The van der Waals surface area contributed by atoms with Crippen molar-refractivity contribution >= 4 is 0 Å². The van der Waals surface area contributed by atoms with Crippen LogP contribution in [0, 0.1) is 17.4 Å². The topological polar surface area (TPSA) is 38.7 Å².